The van der Waals surface area contributed by atoms with Crippen LogP contribution in [0.4, 0.5) is 5.69 Å². The van der Waals surface area contributed by atoms with Gasteiger partial charge in [0.25, 0.3) is 0 Å². The van der Waals surface area contributed by atoms with Crippen molar-refractivity contribution in [2.75, 3.05) is 25.6 Å². The van der Waals surface area contributed by atoms with E-state index in [1.165, 1.54) is 30.5 Å². The molecule has 0 heterocycles. The van der Waals surface area contributed by atoms with Crippen molar-refractivity contribution in [1.82, 2.24) is 0 Å². The molecule has 3 heteroatoms. The van der Waals surface area contributed by atoms with Crippen molar-refractivity contribution < 1.29 is 9.47 Å². The zero-order valence-electron chi connectivity index (χ0n) is 10.4. The summed E-state index contributed by atoms with van der Waals surface area (Å²) in [5.41, 5.74) is 2.42. The van der Waals surface area contributed by atoms with Crippen molar-refractivity contribution in [3.63, 3.8) is 0 Å². The van der Waals surface area contributed by atoms with Crippen LogP contribution in [-0.4, -0.2) is 26.4 Å². The third kappa shape index (κ3) is 4.02. The standard InChI is InChI=1S/C14H21NO2/c1-16-8-9-17-11-12-4-2-7-14(10-12)15-13-5-3-6-13/h2,4,7,10,13,15H,3,5-6,8-9,11H2,1H3. The number of ether oxygens (including phenoxy) is 2. The molecule has 1 aromatic rings. The summed E-state index contributed by atoms with van der Waals surface area (Å²) >= 11 is 0. The quantitative estimate of drug-likeness (QED) is 0.737. The van der Waals surface area contributed by atoms with Crippen LogP contribution in [0.15, 0.2) is 24.3 Å². The second-order valence-corrected chi connectivity index (χ2v) is 4.52. The fraction of sp³-hybridized carbons (Fsp3) is 0.571. The number of methoxy groups -OCH3 is 1. The van der Waals surface area contributed by atoms with Crippen LogP contribution in [0.3, 0.4) is 0 Å². The molecule has 17 heavy (non-hydrogen) atoms. The van der Waals surface area contributed by atoms with E-state index in [4.69, 9.17) is 9.47 Å². The van der Waals surface area contributed by atoms with E-state index in [1.54, 1.807) is 7.11 Å². The minimum atomic E-state index is 0.650. The van der Waals surface area contributed by atoms with Crippen LogP contribution in [0, 0.1) is 0 Å². The molecule has 0 saturated heterocycles. The van der Waals surface area contributed by atoms with Gasteiger partial charge in [0.15, 0.2) is 0 Å². The maximum Gasteiger partial charge on any atom is 0.0718 e. The van der Waals surface area contributed by atoms with Crippen LogP contribution < -0.4 is 5.32 Å². The molecule has 3 nitrogen and oxygen atoms in total. The minimum absolute atomic E-state index is 0.650. The van der Waals surface area contributed by atoms with E-state index in [-0.39, 0.29) is 0 Å². The van der Waals surface area contributed by atoms with Gasteiger partial charge in [0, 0.05) is 18.8 Å². The molecular weight excluding hydrogens is 214 g/mol. The molecule has 0 bridgehead atoms. The zero-order valence-corrected chi connectivity index (χ0v) is 10.4. The molecule has 1 N–H and O–H groups in total. The van der Waals surface area contributed by atoms with E-state index in [9.17, 15) is 0 Å². The van der Waals surface area contributed by atoms with Gasteiger partial charge < -0.3 is 14.8 Å². The van der Waals surface area contributed by atoms with Gasteiger partial charge in [-0.2, -0.15) is 0 Å². The van der Waals surface area contributed by atoms with Gasteiger partial charge in [0.05, 0.1) is 19.8 Å². The molecule has 0 spiro atoms. The van der Waals surface area contributed by atoms with E-state index in [0.717, 1.165) is 0 Å². The minimum Gasteiger partial charge on any atom is -0.382 e. The summed E-state index contributed by atoms with van der Waals surface area (Å²) in [6.45, 7) is 1.96. The van der Waals surface area contributed by atoms with Gasteiger partial charge in [-0.1, -0.05) is 12.1 Å². The lowest BCUT2D eigenvalue weighted by molar-refractivity contribution is 0.0617. The average Bonchev–Trinajstić information content (AvgIpc) is 2.30. The number of hydrogen-bond donors (Lipinski definition) is 1. The highest BCUT2D eigenvalue weighted by atomic mass is 16.5. The van der Waals surface area contributed by atoms with Crippen molar-refractivity contribution in [1.29, 1.82) is 0 Å². The fourth-order valence-corrected chi connectivity index (χ4v) is 1.87. The van der Waals surface area contributed by atoms with Gasteiger partial charge >= 0.3 is 0 Å². The Bertz CT molecular complexity index is 337. The smallest absolute Gasteiger partial charge is 0.0718 e. The van der Waals surface area contributed by atoms with E-state index < -0.39 is 0 Å². The topological polar surface area (TPSA) is 30.5 Å². The van der Waals surface area contributed by atoms with Gasteiger partial charge in [-0.3, -0.25) is 0 Å². The molecule has 0 aromatic heterocycles. The Morgan fingerprint density at radius 1 is 1.29 bits per heavy atom. The van der Waals surface area contributed by atoms with Crippen LogP contribution in [-0.2, 0) is 16.1 Å². The third-order valence-electron chi connectivity index (χ3n) is 3.10. The molecular formula is C14H21NO2. The van der Waals surface area contributed by atoms with Crippen LogP contribution >= 0.6 is 0 Å². The number of anilines is 1. The first-order valence-electron chi connectivity index (χ1n) is 6.30. The maximum atomic E-state index is 5.51. The van der Waals surface area contributed by atoms with Gasteiger partial charge in [0.1, 0.15) is 0 Å². The Morgan fingerprint density at radius 2 is 2.18 bits per heavy atom. The summed E-state index contributed by atoms with van der Waals surface area (Å²) in [5.74, 6) is 0. The number of hydrogen-bond acceptors (Lipinski definition) is 3. The SMILES string of the molecule is COCCOCc1cccc(NC2CCC2)c1. The summed E-state index contributed by atoms with van der Waals surface area (Å²) in [6, 6.07) is 9.15. The molecule has 94 valence electrons. The Morgan fingerprint density at radius 3 is 2.88 bits per heavy atom. The second kappa shape index (κ2) is 6.62. The first kappa shape index (κ1) is 12.4. The Labute approximate surface area is 103 Å². The largest absolute Gasteiger partial charge is 0.382 e. The Balaban J connectivity index is 1.78. The molecule has 1 fully saturated rings. The van der Waals surface area contributed by atoms with E-state index in [1.807, 2.05) is 0 Å². The number of rotatable bonds is 7. The van der Waals surface area contributed by atoms with Crippen molar-refractivity contribution >= 4 is 5.69 Å². The highest BCUT2D eigenvalue weighted by molar-refractivity contribution is 5.46. The molecule has 1 aliphatic rings. The lowest BCUT2D eigenvalue weighted by atomic mass is 9.93. The lowest BCUT2D eigenvalue weighted by Crippen LogP contribution is -2.26. The molecule has 2 rings (SSSR count). The van der Waals surface area contributed by atoms with E-state index >= 15 is 0 Å². The third-order valence-corrected chi connectivity index (χ3v) is 3.10. The van der Waals surface area contributed by atoms with Crippen molar-refractivity contribution in [2.45, 2.75) is 31.9 Å². The van der Waals surface area contributed by atoms with Crippen molar-refractivity contribution in [3.05, 3.63) is 29.8 Å². The summed E-state index contributed by atoms with van der Waals surface area (Å²) in [5, 5.41) is 3.54. The highest BCUT2D eigenvalue weighted by Crippen LogP contribution is 2.23. The molecule has 0 unspecified atom stereocenters. The molecule has 0 radical (unpaired) electrons. The first-order chi connectivity index (χ1) is 8.38. The number of nitrogens with one attached hydrogen (secondary N) is 1. The summed E-state index contributed by atoms with van der Waals surface area (Å²) in [6.07, 6.45) is 3.96. The van der Waals surface area contributed by atoms with Gasteiger partial charge in [-0.05, 0) is 37.0 Å². The van der Waals surface area contributed by atoms with Crippen LogP contribution in [0.5, 0.6) is 0 Å². The molecule has 1 saturated carbocycles. The van der Waals surface area contributed by atoms with Crippen molar-refractivity contribution in [2.24, 2.45) is 0 Å². The number of benzene rings is 1. The Kier molecular flexibility index (Phi) is 4.83. The lowest BCUT2D eigenvalue weighted by Gasteiger charge is -2.27. The molecule has 0 amide bonds. The van der Waals surface area contributed by atoms with Gasteiger partial charge in [0.2, 0.25) is 0 Å². The van der Waals surface area contributed by atoms with E-state index in [0.29, 0.717) is 25.9 Å². The Hall–Kier alpha value is -1.06. The predicted molar refractivity (Wildman–Crippen MR) is 69.2 cm³/mol. The normalized spacial score (nSPS) is 15.6. The van der Waals surface area contributed by atoms with Gasteiger partial charge in [-0.15, -0.1) is 0 Å². The molecule has 1 aliphatic carbocycles. The zero-order chi connectivity index (χ0) is 11.9. The second-order valence-electron chi connectivity index (χ2n) is 4.52. The predicted octanol–water partition coefficient (Wildman–Crippen LogP) is 2.81. The maximum absolute atomic E-state index is 5.51. The summed E-state index contributed by atoms with van der Waals surface area (Å²) < 4.78 is 10.4. The van der Waals surface area contributed by atoms with Crippen LogP contribution in [0.1, 0.15) is 24.8 Å². The van der Waals surface area contributed by atoms with Crippen molar-refractivity contribution in [3.8, 4) is 0 Å². The summed E-state index contributed by atoms with van der Waals surface area (Å²) in [4.78, 5) is 0. The van der Waals surface area contributed by atoms with Gasteiger partial charge in [-0.25, -0.2) is 0 Å². The first-order valence-corrected chi connectivity index (χ1v) is 6.30. The van der Waals surface area contributed by atoms with Crippen LogP contribution in [0.25, 0.3) is 0 Å². The fourth-order valence-electron chi connectivity index (χ4n) is 1.87. The average molecular weight is 235 g/mol. The molecule has 1 aromatic carbocycles. The molecule has 0 aliphatic heterocycles. The highest BCUT2D eigenvalue weighted by Gasteiger charge is 2.16. The van der Waals surface area contributed by atoms with Crippen LogP contribution in [0.2, 0.25) is 0 Å². The monoisotopic (exact) mass is 235 g/mol. The summed E-state index contributed by atoms with van der Waals surface area (Å²) in [7, 11) is 1.69. The van der Waals surface area contributed by atoms with E-state index in [2.05, 4.69) is 29.6 Å². The molecule has 0 atom stereocenters.